The Labute approximate surface area is 200 Å². The predicted molar refractivity (Wildman–Crippen MR) is 131 cm³/mol. The summed E-state index contributed by atoms with van der Waals surface area (Å²) in [5.41, 5.74) is 0. The van der Waals surface area contributed by atoms with Gasteiger partial charge in [0, 0.05) is 30.3 Å². The summed E-state index contributed by atoms with van der Waals surface area (Å²) in [7, 11) is -3.00. The summed E-state index contributed by atoms with van der Waals surface area (Å²) in [6, 6.07) is 1.10. The third-order valence-electron chi connectivity index (χ3n) is 8.66. The summed E-state index contributed by atoms with van der Waals surface area (Å²) >= 11 is 0. The van der Waals surface area contributed by atoms with E-state index in [-0.39, 0.29) is 29.4 Å². The van der Waals surface area contributed by atoms with Crippen LogP contribution in [-0.4, -0.2) is 69.9 Å². The van der Waals surface area contributed by atoms with Crippen molar-refractivity contribution in [2.45, 2.75) is 101 Å². The lowest BCUT2D eigenvalue weighted by molar-refractivity contribution is -0.127. The standard InChI is InChI=1S/C24H45N5O3S/c1-16-5-8-19(27-23(30)17-6-9-20(10-7-17)33(2,31)32)14-22(16)29-24-26-13-11-21(28-24)18-4-3-12-25-15-18/h16-22,24-26,28-29H,3-15H2,1-2H3,(H,27,30). The average Bonchev–Trinajstić information content (AvgIpc) is 2.81. The van der Waals surface area contributed by atoms with Crippen LogP contribution in [0, 0.1) is 17.8 Å². The number of amides is 1. The van der Waals surface area contributed by atoms with Crippen molar-refractivity contribution in [3.05, 3.63) is 0 Å². The molecule has 190 valence electrons. The predicted octanol–water partition coefficient (Wildman–Crippen LogP) is 1.09. The van der Waals surface area contributed by atoms with E-state index in [0.717, 1.165) is 38.9 Å². The van der Waals surface area contributed by atoms with Gasteiger partial charge < -0.3 is 10.6 Å². The van der Waals surface area contributed by atoms with Gasteiger partial charge in [-0.2, -0.15) is 0 Å². The Balaban J connectivity index is 1.24. The van der Waals surface area contributed by atoms with Gasteiger partial charge in [0.2, 0.25) is 5.91 Å². The zero-order valence-corrected chi connectivity index (χ0v) is 21.3. The van der Waals surface area contributed by atoms with E-state index in [4.69, 9.17) is 0 Å². The van der Waals surface area contributed by atoms with Crippen molar-refractivity contribution in [3.63, 3.8) is 0 Å². The molecule has 6 atom stereocenters. The van der Waals surface area contributed by atoms with Crippen molar-refractivity contribution in [2.24, 2.45) is 17.8 Å². The van der Waals surface area contributed by atoms with E-state index in [2.05, 4.69) is 33.5 Å². The molecule has 4 rings (SSSR count). The molecule has 2 heterocycles. The smallest absolute Gasteiger partial charge is 0.223 e. The lowest BCUT2D eigenvalue weighted by Crippen LogP contribution is -2.66. The van der Waals surface area contributed by atoms with Crippen LogP contribution in [0.25, 0.3) is 0 Å². The lowest BCUT2D eigenvalue weighted by Gasteiger charge is -2.43. The zero-order chi connectivity index (χ0) is 23.4. The Morgan fingerprint density at radius 2 is 1.76 bits per heavy atom. The number of nitrogens with one attached hydrogen (secondary N) is 5. The van der Waals surface area contributed by atoms with Crippen LogP contribution in [0.1, 0.15) is 71.1 Å². The molecule has 2 aliphatic carbocycles. The van der Waals surface area contributed by atoms with Crippen LogP contribution in [0.4, 0.5) is 0 Å². The third-order valence-corrected chi connectivity index (χ3v) is 10.3. The van der Waals surface area contributed by atoms with Crippen LogP contribution >= 0.6 is 0 Å². The number of hydrogen-bond donors (Lipinski definition) is 5. The lowest BCUT2D eigenvalue weighted by atomic mass is 9.82. The van der Waals surface area contributed by atoms with Crippen LogP contribution in [0.5, 0.6) is 0 Å². The first-order chi connectivity index (χ1) is 15.8. The molecule has 9 heteroatoms. The molecule has 33 heavy (non-hydrogen) atoms. The zero-order valence-electron chi connectivity index (χ0n) is 20.4. The van der Waals surface area contributed by atoms with Crippen LogP contribution in [0.2, 0.25) is 0 Å². The molecule has 0 bridgehead atoms. The summed E-state index contributed by atoms with van der Waals surface area (Å²) in [6.45, 7) is 5.61. The van der Waals surface area contributed by atoms with Crippen molar-refractivity contribution in [1.82, 2.24) is 26.6 Å². The van der Waals surface area contributed by atoms with E-state index in [1.54, 1.807) is 0 Å². The van der Waals surface area contributed by atoms with Crippen LogP contribution in [0.15, 0.2) is 0 Å². The van der Waals surface area contributed by atoms with Crippen LogP contribution < -0.4 is 26.6 Å². The minimum atomic E-state index is -3.00. The molecule has 0 radical (unpaired) electrons. The fourth-order valence-corrected chi connectivity index (χ4v) is 7.54. The minimum absolute atomic E-state index is 0.0414. The van der Waals surface area contributed by atoms with Crippen molar-refractivity contribution in [2.75, 3.05) is 25.9 Å². The fourth-order valence-electron chi connectivity index (χ4n) is 6.41. The van der Waals surface area contributed by atoms with Gasteiger partial charge in [0.25, 0.3) is 0 Å². The van der Waals surface area contributed by atoms with E-state index >= 15 is 0 Å². The molecule has 8 nitrogen and oxygen atoms in total. The second kappa shape index (κ2) is 11.3. The molecular formula is C24H45N5O3S. The SMILES string of the molecule is CC1CCC(NC(=O)C2CCC(S(C)(=O)=O)CC2)CC1NC1NCCC(C2CCCNC2)N1. The van der Waals surface area contributed by atoms with Gasteiger partial charge in [-0.3, -0.25) is 20.7 Å². The summed E-state index contributed by atoms with van der Waals surface area (Å²) in [5.74, 6) is 1.36. The van der Waals surface area contributed by atoms with Gasteiger partial charge in [-0.1, -0.05) is 6.92 Å². The number of piperidine rings is 1. The quantitative estimate of drug-likeness (QED) is 0.385. The first kappa shape index (κ1) is 25.4. The molecule has 6 unspecified atom stereocenters. The highest BCUT2D eigenvalue weighted by Gasteiger charge is 2.35. The van der Waals surface area contributed by atoms with Crippen LogP contribution in [0.3, 0.4) is 0 Å². The third kappa shape index (κ3) is 6.90. The molecule has 0 aromatic heterocycles. The largest absolute Gasteiger partial charge is 0.353 e. The van der Waals surface area contributed by atoms with E-state index in [0.29, 0.717) is 49.6 Å². The number of carbonyl (C=O) groups is 1. The number of sulfone groups is 1. The second-order valence-corrected chi connectivity index (χ2v) is 13.5. The van der Waals surface area contributed by atoms with Gasteiger partial charge >= 0.3 is 0 Å². The maximum atomic E-state index is 12.9. The molecular weight excluding hydrogens is 438 g/mol. The molecule has 0 aromatic carbocycles. The number of hydrogen-bond acceptors (Lipinski definition) is 7. The molecule has 2 aliphatic heterocycles. The van der Waals surface area contributed by atoms with E-state index in [1.165, 1.54) is 25.5 Å². The van der Waals surface area contributed by atoms with E-state index in [9.17, 15) is 13.2 Å². The number of carbonyl (C=O) groups excluding carboxylic acids is 1. The molecule has 2 saturated carbocycles. The molecule has 4 aliphatic rings. The fraction of sp³-hybridized carbons (Fsp3) is 0.958. The Kier molecular flexibility index (Phi) is 8.71. The first-order valence-electron chi connectivity index (χ1n) is 13.2. The highest BCUT2D eigenvalue weighted by molar-refractivity contribution is 7.91. The van der Waals surface area contributed by atoms with Crippen molar-refractivity contribution in [3.8, 4) is 0 Å². The maximum Gasteiger partial charge on any atom is 0.223 e. The molecule has 0 spiro atoms. The normalized spacial score (nSPS) is 40.8. The summed E-state index contributed by atoms with van der Waals surface area (Å²) in [6.07, 6.45) is 10.8. The van der Waals surface area contributed by atoms with Crippen molar-refractivity contribution in [1.29, 1.82) is 0 Å². The maximum absolute atomic E-state index is 12.9. The van der Waals surface area contributed by atoms with Crippen molar-refractivity contribution >= 4 is 15.7 Å². The van der Waals surface area contributed by atoms with Gasteiger partial charge in [0.05, 0.1) is 5.25 Å². The van der Waals surface area contributed by atoms with E-state index < -0.39 is 9.84 Å². The molecule has 2 saturated heterocycles. The van der Waals surface area contributed by atoms with Crippen LogP contribution in [-0.2, 0) is 14.6 Å². The molecule has 4 fully saturated rings. The Morgan fingerprint density at radius 1 is 0.970 bits per heavy atom. The molecule has 0 aromatic rings. The second-order valence-electron chi connectivity index (χ2n) is 11.1. The minimum Gasteiger partial charge on any atom is -0.353 e. The molecule has 1 amide bonds. The van der Waals surface area contributed by atoms with Gasteiger partial charge in [0.15, 0.2) is 0 Å². The van der Waals surface area contributed by atoms with Gasteiger partial charge in [-0.05, 0) is 95.7 Å². The van der Waals surface area contributed by atoms with Gasteiger partial charge in [0.1, 0.15) is 16.1 Å². The highest BCUT2D eigenvalue weighted by Crippen LogP contribution is 2.30. The Bertz CT molecular complexity index is 749. The summed E-state index contributed by atoms with van der Waals surface area (Å²) in [4.78, 5) is 12.9. The topological polar surface area (TPSA) is 111 Å². The van der Waals surface area contributed by atoms with Crippen molar-refractivity contribution < 1.29 is 13.2 Å². The monoisotopic (exact) mass is 483 g/mol. The highest BCUT2D eigenvalue weighted by atomic mass is 32.2. The number of rotatable bonds is 6. The summed E-state index contributed by atoms with van der Waals surface area (Å²) in [5, 5.41) is 17.8. The Hall–Kier alpha value is -0.740. The van der Waals surface area contributed by atoms with Gasteiger partial charge in [-0.25, -0.2) is 8.42 Å². The van der Waals surface area contributed by atoms with E-state index in [1.807, 2.05) is 0 Å². The first-order valence-corrected chi connectivity index (χ1v) is 15.2. The average molecular weight is 484 g/mol. The van der Waals surface area contributed by atoms with Gasteiger partial charge in [-0.15, -0.1) is 0 Å². The summed E-state index contributed by atoms with van der Waals surface area (Å²) < 4.78 is 23.6. The Morgan fingerprint density at radius 3 is 2.45 bits per heavy atom. The molecule has 5 N–H and O–H groups in total.